The summed E-state index contributed by atoms with van der Waals surface area (Å²) >= 11 is 0. The highest BCUT2D eigenvalue weighted by Gasteiger charge is 2.10. The van der Waals surface area contributed by atoms with Crippen molar-refractivity contribution < 1.29 is 13.6 Å². The molecule has 136 valence electrons. The van der Waals surface area contributed by atoms with Crippen molar-refractivity contribution in [3.63, 3.8) is 0 Å². The third kappa shape index (κ3) is 3.79. The minimum absolute atomic E-state index is 0.186. The number of hydrogen-bond donors (Lipinski definition) is 3. The number of halogens is 1. The Balaban J connectivity index is 1.37. The predicted molar refractivity (Wildman–Crippen MR) is 97.8 cm³/mol. The van der Waals surface area contributed by atoms with Gasteiger partial charge in [0.25, 0.3) is 0 Å². The molecule has 2 aromatic heterocycles. The molecular formula is C19H15FN4O3. The molecule has 2 aromatic carbocycles. The third-order valence-electron chi connectivity index (χ3n) is 4.05. The fourth-order valence-corrected chi connectivity index (χ4v) is 2.73. The van der Waals surface area contributed by atoms with Crippen LogP contribution < -0.4 is 11.0 Å². The minimum Gasteiger partial charge on any atom is -0.441 e. The number of aryl methyl sites for hydroxylation is 1. The van der Waals surface area contributed by atoms with Crippen LogP contribution in [0.5, 0.6) is 0 Å². The van der Waals surface area contributed by atoms with Gasteiger partial charge in [0.15, 0.2) is 11.7 Å². The van der Waals surface area contributed by atoms with E-state index < -0.39 is 0 Å². The van der Waals surface area contributed by atoms with E-state index in [1.807, 2.05) is 0 Å². The second-order valence-electron chi connectivity index (χ2n) is 6.01. The Labute approximate surface area is 152 Å². The molecule has 0 atom stereocenters. The van der Waals surface area contributed by atoms with Gasteiger partial charge in [0.1, 0.15) is 5.82 Å². The Kier molecular flexibility index (Phi) is 4.29. The van der Waals surface area contributed by atoms with Crippen LogP contribution in [-0.2, 0) is 11.2 Å². The van der Waals surface area contributed by atoms with Crippen molar-refractivity contribution in [3.8, 4) is 11.3 Å². The first-order chi connectivity index (χ1) is 13.1. The first kappa shape index (κ1) is 16.8. The molecule has 0 unspecified atom stereocenters. The Morgan fingerprint density at radius 1 is 1.11 bits per heavy atom. The van der Waals surface area contributed by atoms with E-state index in [1.165, 1.54) is 12.1 Å². The number of aromatic amines is 2. The van der Waals surface area contributed by atoms with Gasteiger partial charge in [0, 0.05) is 24.1 Å². The van der Waals surface area contributed by atoms with Crippen LogP contribution in [0.25, 0.3) is 22.4 Å². The number of oxazole rings is 1. The van der Waals surface area contributed by atoms with Crippen LogP contribution in [0.3, 0.4) is 0 Å². The number of carbonyl (C=O) groups excluding carboxylic acids is 1. The van der Waals surface area contributed by atoms with Crippen molar-refractivity contribution >= 4 is 22.6 Å². The molecule has 0 spiro atoms. The molecule has 27 heavy (non-hydrogen) atoms. The molecule has 0 aliphatic rings. The van der Waals surface area contributed by atoms with Gasteiger partial charge in [-0.05, 0) is 42.5 Å². The third-order valence-corrected chi connectivity index (χ3v) is 4.05. The maximum Gasteiger partial charge on any atom is 0.323 e. The smallest absolute Gasteiger partial charge is 0.323 e. The van der Waals surface area contributed by atoms with Crippen molar-refractivity contribution in [2.45, 2.75) is 12.8 Å². The van der Waals surface area contributed by atoms with Crippen molar-refractivity contribution in [1.82, 2.24) is 15.0 Å². The van der Waals surface area contributed by atoms with Crippen molar-refractivity contribution in [3.05, 3.63) is 70.9 Å². The molecule has 2 heterocycles. The molecule has 0 saturated heterocycles. The van der Waals surface area contributed by atoms with E-state index in [-0.39, 0.29) is 23.8 Å². The van der Waals surface area contributed by atoms with Gasteiger partial charge < -0.3 is 19.7 Å². The Morgan fingerprint density at radius 3 is 2.70 bits per heavy atom. The van der Waals surface area contributed by atoms with Crippen LogP contribution >= 0.6 is 0 Å². The van der Waals surface area contributed by atoms with Gasteiger partial charge in [-0.1, -0.05) is 0 Å². The summed E-state index contributed by atoms with van der Waals surface area (Å²) in [5.74, 6) is 0.424. The largest absolute Gasteiger partial charge is 0.441 e. The van der Waals surface area contributed by atoms with Crippen LogP contribution in [0, 0.1) is 5.82 Å². The van der Waals surface area contributed by atoms with Gasteiger partial charge >= 0.3 is 5.69 Å². The van der Waals surface area contributed by atoms with Crippen LogP contribution in [-0.4, -0.2) is 20.9 Å². The zero-order valence-electron chi connectivity index (χ0n) is 14.1. The number of nitrogens with zero attached hydrogens (tertiary/aromatic N) is 1. The number of H-pyrrole nitrogens is 2. The second kappa shape index (κ2) is 6.91. The molecule has 8 heteroatoms. The van der Waals surface area contributed by atoms with E-state index in [9.17, 15) is 14.0 Å². The molecule has 3 N–H and O–H groups in total. The van der Waals surface area contributed by atoms with Gasteiger partial charge in [-0.2, -0.15) is 0 Å². The van der Waals surface area contributed by atoms with Gasteiger partial charge in [0.2, 0.25) is 5.91 Å². The molecule has 0 aliphatic heterocycles. The number of benzene rings is 2. The molecular weight excluding hydrogens is 351 g/mol. The van der Waals surface area contributed by atoms with E-state index >= 15 is 0 Å². The molecule has 0 saturated carbocycles. The lowest BCUT2D eigenvalue weighted by molar-refractivity contribution is -0.116. The number of amides is 1. The molecule has 0 fully saturated rings. The van der Waals surface area contributed by atoms with E-state index in [1.54, 1.807) is 36.5 Å². The molecule has 4 rings (SSSR count). The van der Waals surface area contributed by atoms with E-state index in [0.29, 0.717) is 40.4 Å². The fraction of sp³-hybridized carbons (Fsp3) is 0.105. The maximum absolute atomic E-state index is 13.0. The van der Waals surface area contributed by atoms with Crippen molar-refractivity contribution in [2.75, 3.05) is 5.32 Å². The van der Waals surface area contributed by atoms with E-state index in [4.69, 9.17) is 4.42 Å². The Bertz CT molecular complexity index is 1160. The molecule has 0 bridgehead atoms. The monoisotopic (exact) mass is 366 g/mol. The standard InChI is InChI=1S/C19H15FN4O3/c20-12-3-1-11(2-4-12)16-10-21-18(27-16)8-7-17(25)22-13-5-6-14-15(9-13)24-19(26)23-14/h1-6,9-10H,7-8H2,(H,22,25)(H2,23,24,26). The summed E-state index contributed by atoms with van der Waals surface area (Å²) in [5.41, 5.74) is 2.30. The summed E-state index contributed by atoms with van der Waals surface area (Å²) in [6.07, 6.45) is 2.07. The Hall–Kier alpha value is -3.68. The van der Waals surface area contributed by atoms with E-state index in [2.05, 4.69) is 20.3 Å². The first-order valence-electron chi connectivity index (χ1n) is 8.29. The fourth-order valence-electron chi connectivity index (χ4n) is 2.73. The molecule has 0 aliphatic carbocycles. The highest BCUT2D eigenvalue weighted by Crippen LogP contribution is 2.21. The van der Waals surface area contributed by atoms with Gasteiger partial charge in [-0.15, -0.1) is 0 Å². The van der Waals surface area contributed by atoms with Crippen LogP contribution in [0.15, 0.2) is 57.9 Å². The molecule has 0 radical (unpaired) electrons. The number of hydrogen-bond acceptors (Lipinski definition) is 4. The SMILES string of the molecule is O=C(CCc1ncc(-c2ccc(F)cc2)o1)Nc1ccc2[nH]c(=O)[nH]c2c1. The lowest BCUT2D eigenvalue weighted by Gasteiger charge is -2.04. The number of rotatable bonds is 5. The lowest BCUT2D eigenvalue weighted by atomic mass is 10.2. The van der Waals surface area contributed by atoms with E-state index in [0.717, 1.165) is 0 Å². The normalized spacial score (nSPS) is 11.0. The van der Waals surface area contributed by atoms with Crippen LogP contribution in [0.2, 0.25) is 0 Å². The zero-order valence-corrected chi connectivity index (χ0v) is 14.1. The van der Waals surface area contributed by atoms with Gasteiger partial charge in [-0.3, -0.25) is 4.79 Å². The number of fused-ring (bicyclic) bond motifs is 1. The topological polar surface area (TPSA) is 104 Å². The summed E-state index contributed by atoms with van der Waals surface area (Å²) in [7, 11) is 0. The van der Waals surface area contributed by atoms with Crippen LogP contribution in [0.4, 0.5) is 10.1 Å². The highest BCUT2D eigenvalue weighted by atomic mass is 19.1. The van der Waals surface area contributed by atoms with Crippen molar-refractivity contribution in [2.24, 2.45) is 0 Å². The number of anilines is 1. The summed E-state index contributed by atoms with van der Waals surface area (Å²) in [6, 6.07) is 11.0. The zero-order chi connectivity index (χ0) is 18.8. The second-order valence-corrected chi connectivity index (χ2v) is 6.01. The van der Waals surface area contributed by atoms with Crippen LogP contribution in [0.1, 0.15) is 12.3 Å². The summed E-state index contributed by atoms with van der Waals surface area (Å²) in [4.78, 5) is 32.8. The van der Waals surface area contributed by atoms with Gasteiger partial charge in [-0.25, -0.2) is 14.2 Å². The maximum atomic E-state index is 13.0. The Morgan fingerprint density at radius 2 is 1.89 bits per heavy atom. The first-order valence-corrected chi connectivity index (χ1v) is 8.29. The van der Waals surface area contributed by atoms with Gasteiger partial charge in [0.05, 0.1) is 17.2 Å². The molecule has 7 nitrogen and oxygen atoms in total. The average Bonchev–Trinajstić information content (AvgIpc) is 3.26. The van der Waals surface area contributed by atoms with Crippen molar-refractivity contribution in [1.29, 1.82) is 0 Å². The number of nitrogens with one attached hydrogen (secondary N) is 3. The summed E-state index contributed by atoms with van der Waals surface area (Å²) < 4.78 is 18.6. The molecule has 1 amide bonds. The minimum atomic E-state index is -0.322. The number of aromatic nitrogens is 3. The average molecular weight is 366 g/mol. The quantitative estimate of drug-likeness (QED) is 0.504. The molecule has 4 aromatic rings. The summed E-state index contributed by atoms with van der Waals surface area (Å²) in [5, 5.41) is 2.77. The highest BCUT2D eigenvalue weighted by molar-refractivity contribution is 5.93. The lowest BCUT2D eigenvalue weighted by Crippen LogP contribution is -2.12. The number of imidazole rings is 1. The summed E-state index contributed by atoms with van der Waals surface area (Å²) in [6.45, 7) is 0. The predicted octanol–water partition coefficient (Wildman–Crippen LogP) is 3.22. The number of carbonyl (C=O) groups is 1.